The van der Waals surface area contributed by atoms with Crippen LogP contribution in [-0.4, -0.2) is 41.0 Å². The van der Waals surface area contributed by atoms with Gasteiger partial charge in [-0.2, -0.15) is 10.5 Å². The Labute approximate surface area is 116 Å². The molecule has 0 N–H and O–H groups in total. The van der Waals surface area contributed by atoms with Crippen LogP contribution in [0.4, 0.5) is 0 Å². The van der Waals surface area contributed by atoms with Crippen LogP contribution >= 0.6 is 22.6 Å². The first kappa shape index (κ1) is 14.0. The number of halogens is 1. The van der Waals surface area contributed by atoms with Gasteiger partial charge >= 0.3 is 0 Å². The zero-order valence-corrected chi connectivity index (χ0v) is 12.4. The summed E-state index contributed by atoms with van der Waals surface area (Å²) in [4.78, 5) is 4.18. The first-order valence-corrected chi connectivity index (χ1v) is 6.53. The van der Waals surface area contributed by atoms with Crippen LogP contribution in [0.1, 0.15) is 6.92 Å². The molecule has 1 heterocycles. The highest BCUT2D eigenvalue weighted by molar-refractivity contribution is 14.1. The number of rotatable bonds is 2. The molecule has 0 aliphatic carbocycles. The molecule has 1 fully saturated rings. The minimum absolute atomic E-state index is 0.234. The number of likely N-dealkylation sites (tertiary alicyclic amines) is 1. The molecular formula is C12H15IN4. The van der Waals surface area contributed by atoms with Crippen LogP contribution in [0.25, 0.3) is 0 Å². The summed E-state index contributed by atoms with van der Waals surface area (Å²) >= 11 is 2.34. The fraction of sp³-hybridized carbons (Fsp3) is 0.500. The summed E-state index contributed by atoms with van der Waals surface area (Å²) in [5, 5.41) is 17.9. The Morgan fingerprint density at radius 1 is 1.41 bits per heavy atom. The number of alkyl halides is 1. The van der Waals surface area contributed by atoms with Gasteiger partial charge in [-0.05, 0) is 12.5 Å². The highest BCUT2D eigenvalue weighted by Crippen LogP contribution is 2.28. The van der Waals surface area contributed by atoms with Gasteiger partial charge in [-0.15, -0.1) is 0 Å². The first-order chi connectivity index (χ1) is 7.99. The van der Waals surface area contributed by atoms with Crippen LogP contribution in [0.2, 0.25) is 0 Å². The van der Waals surface area contributed by atoms with Gasteiger partial charge in [0, 0.05) is 39.0 Å². The zero-order valence-electron chi connectivity index (χ0n) is 10.2. The van der Waals surface area contributed by atoms with Crippen molar-refractivity contribution in [2.24, 2.45) is 0 Å². The molecule has 0 aromatic carbocycles. The molecule has 1 rings (SSSR count). The van der Waals surface area contributed by atoms with E-state index in [-0.39, 0.29) is 5.57 Å². The highest BCUT2D eigenvalue weighted by Gasteiger charge is 2.27. The molecule has 1 saturated heterocycles. The molecular weight excluding hydrogens is 327 g/mol. The lowest BCUT2D eigenvalue weighted by Gasteiger charge is -2.16. The number of nitriles is 2. The van der Waals surface area contributed by atoms with Crippen LogP contribution in [0.5, 0.6) is 0 Å². The second-order valence-electron chi connectivity index (χ2n) is 4.17. The first-order valence-electron chi connectivity index (χ1n) is 5.28. The smallest absolute Gasteiger partial charge is 0.134 e. The molecule has 1 unspecified atom stereocenters. The van der Waals surface area contributed by atoms with E-state index < -0.39 is 0 Å². The van der Waals surface area contributed by atoms with Crippen molar-refractivity contribution < 1.29 is 0 Å². The van der Waals surface area contributed by atoms with E-state index in [0.717, 1.165) is 17.7 Å². The molecule has 90 valence electrons. The van der Waals surface area contributed by atoms with Crippen LogP contribution in [0.3, 0.4) is 0 Å². The van der Waals surface area contributed by atoms with Crippen LogP contribution in [0, 0.1) is 22.7 Å². The molecule has 4 nitrogen and oxygen atoms in total. The minimum atomic E-state index is 0.234. The van der Waals surface area contributed by atoms with Crippen molar-refractivity contribution in [1.82, 2.24) is 9.80 Å². The lowest BCUT2D eigenvalue weighted by molar-refractivity contribution is 0.359. The lowest BCUT2D eigenvalue weighted by Crippen LogP contribution is -2.25. The topological polar surface area (TPSA) is 54.1 Å². The molecule has 0 aromatic rings. The van der Waals surface area contributed by atoms with Crippen molar-refractivity contribution in [2.45, 2.75) is 11.0 Å². The van der Waals surface area contributed by atoms with Crippen LogP contribution in [0.15, 0.2) is 22.9 Å². The highest BCUT2D eigenvalue weighted by atomic mass is 127. The lowest BCUT2D eigenvalue weighted by atomic mass is 10.1. The van der Waals surface area contributed by atoms with E-state index >= 15 is 0 Å². The van der Waals surface area contributed by atoms with Crippen molar-refractivity contribution in [3.05, 3.63) is 22.9 Å². The van der Waals surface area contributed by atoms with Crippen molar-refractivity contribution in [3.63, 3.8) is 0 Å². The third kappa shape index (κ3) is 3.45. The Bertz CT molecular complexity index is 418. The summed E-state index contributed by atoms with van der Waals surface area (Å²) < 4.78 is 0.384. The van der Waals surface area contributed by atoms with E-state index in [2.05, 4.69) is 34.4 Å². The van der Waals surface area contributed by atoms with Gasteiger partial charge in [0.25, 0.3) is 0 Å². The predicted molar refractivity (Wildman–Crippen MR) is 75.1 cm³/mol. The van der Waals surface area contributed by atoms with E-state index in [0.29, 0.717) is 10.6 Å². The van der Waals surface area contributed by atoms with E-state index in [9.17, 15) is 0 Å². The average Bonchev–Trinajstić information content (AvgIpc) is 2.63. The number of hydrogen-bond acceptors (Lipinski definition) is 4. The van der Waals surface area contributed by atoms with E-state index in [1.54, 1.807) is 0 Å². The van der Waals surface area contributed by atoms with Crippen LogP contribution < -0.4 is 0 Å². The largest absolute Gasteiger partial charge is 0.383 e. The Hall–Kier alpha value is -1.05. The van der Waals surface area contributed by atoms with Crippen LogP contribution in [-0.2, 0) is 0 Å². The summed E-state index contributed by atoms with van der Waals surface area (Å²) in [6.07, 6.45) is 1.99. The molecule has 1 aliphatic heterocycles. The molecule has 0 spiro atoms. The SMILES string of the molecule is CC(I)N1CC(=CN(C)C)C(=C(C#N)C#N)C1. The van der Waals surface area contributed by atoms with Crippen molar-refractivity contribution in [1.29, 1.82) is 10.5 Å². The maximum atomic E-state index is 8.97. The fourth-order valence-corrected chi connectivity index (χ4v) is 2.15. The van der Waals surface area contributed by atoms with Gasteiger partial charge in [-0.25, -0.2) is 0 Å². The Morgan fingerprint density at radius 2 is 2.00 bits per heavy atom. The molecule has 0 amide bonds. The predicted octanol–water partition coefficient (Wildman–Crippen LogP) is 1.87. The van der Waals surface area contributed by atoms with Gasteiger partial charge in [0.15, 0.2) is 0 Å². The summed E-state index contributed by atoms with van der Waals surface area (Å²) in [5.74, 6) is 0. The maximum absolute atomic E-state index is 8.97. The second kappa shape index (κ2) is 6.04. The maximum Gasteiger partial charge on any atom is 0.134 e. The number of nitrogens with zero attached hydrogens (tertiary/aromatic N) is 4. The van der Waals surface area contributed by atoms with E-state index in [4.69, 9.17) is 10.5 Å². The van der Waals surface area contributed by atoms with Gasteiger partial charge in [0.05, 0.1) is 4.05 Å². The molecule has 0 bridgehead atoms. The van der Waals surface area contributed by atoms with Crippen molar-refractivity contribution in [3.8, 4) is 12.1 Å². The summed E-state index contributed by atoms with van der Waals surface area (Å²) in [6.45, 7) is 3.58. The zero-order chi connectivity index (χ0) is 13.0. The van der Waals surface area contributed by atoms with Gasteiger partial charge in [0.1, 0.15) is 17.7 Å². The van der Waals surface area contributed by atoms with Gasteiger partial charge in [0.2, 0.25) is 0 Å². The van der Waals surface area contributed by atoms with Gasteiger partial charge in [-0.1, -0.05) is 22.6 Å². The molecule has 1 atom stereocenters. The quantitative estimate of drug-likeness (QED) is 0.333. The normalized spacial score (nSPS) is 19.9. The number of allylic oxidation sites excluding steroid dienone is 1. The Kier molecular flexibility index (Phi) is 4.98. The monoisotopic (exact) mass is 342 g/mol. The van der Waals surface area contributed by atoms with E-state index in [1.165, 1.54) is 0 Å². The van der Waals surface area contributed by atoms with Gasteiger partial charge < -0.3 is 4.90 Å². The molecule has 5 heteroatoms. The third-order valence-electron chi connectivity index (χ3n) is 2.56. The summed E-state index contributed by atoms with van der Waals surface area (Å²) in [7, 11) is 3.89. The Balaban J connectivity index is 3.16. The van der Waals surface area contributed by atoms with Gasteiger partial charge in [-0.3, -0.25) is 4.90 Å². The molecule has 0 saturated carbocycles. The Morgan fingerprint density at radius 3 is 2.41 bits per heavy atom. The molecule has 0 radical (unpaired) electrons. The second-order valence-corrected chi connectivity index (χ2v) is 5.98. The average molecular weight is 342 g/mol. The standard InChI is InChI=1S/C12H15IN4/c1-9(13)17-7-11(6-16(2)3)12(8-17)10(4-14)5-15/h6,9H,7-8H2,1-3H3. The van der Waals surface area contributed by atoms with Crippen molar-refractivity contribution >= 4 is 22.6 Å². The van der Waals surface area contributed by atoms with Crippen molar-refractivity contribution in [2.75, 3.05) is 27.2 Å². The summed E-state index contributed by atoms with van der Waals surface area (Å²) in [5.41, 5.74) is 2.17. The van der Waals surface area contributed by atoms with E-state index in [1.807, 2.05) is 37.3 Å². The molecule has 0 aromatic heterocycles. The third-order valence-corrected chi connectivity index (χ3v) is 3.35. The molecule has 17 heavy (non-hydrogen) atoms. The molecule has 1 aliphatic rings. The fourth-order valence-electron chi connectivity index (χ4n) is 1.76. The number of hydrogen-bond donors (Lipinski definition) is 0. The summed E-state index contributed by atoms with van der Waals surface area (Å²) in [6, 6.07) is 3.97. The minimum Gasteiger partial charge on any atom is -0.383 e.